The Balaban J connectivity index is 2.06. The lowest BCUT2D eigenvalue weighted by molar-refractivity contribution is 0.553. The van der Waals surface area contributed by atoms with E-state index in [1.165, 1.54) is 0 Å². The first-order chi connectivity index (χ1) is 7.75. The van der Waals surface area contributed by atoms with E-state index in [9.17, 15) is 4.21 Å². The summed E-state index contributed by atoms with van der Waals surface area (Å²) in [4.78, 5) is 3.12. The van der Waals surface area contributed by atoms with Crippen LogP contribution in [-0.2, 0) is 11.3 Å². The highest BCUT2D eigenvalue weighted by molar-refractivity contribution is 7.77. The number of H-pyrrole nitrogens is 1. The third kappa shape index (κ3) is 2.79. The van der Waals surface area contributed by atoms with E-state index in [-0.39, 0.29) is 0 Å². The first kappa shape index (κ1) is 11.1. The van der Waals surface area contributed by atoms with Crippen molar-refractivity contribution in [3.8, 4) is 0 Å². The summed E-state index contributed by atoms with van der Waals surface area (Å²) in [5.74, 6) is 0. The molecule has 16 heavy (non-hydrogen) atoms. The molecule has 0 saturated heterocycles. The topological polar surface area (TPSA) is 65.1 Å². The maximum absolute atomic E-state index is 10.3. The minimum atomic E-state index is -1.95. The number of aromatic amines is 1. The van der Waals surface area contributed by atoms with Crippen LogP contribution in [0.15, 0.2) is 36.5 Å². The molecule has 84 valence electrons. The molecular weight excluding hydrogens is 224 g/mol. The van der Waals surface area contributed by atoms with E-state index in [4.69, 9.17) is 4.55 Å². The Hall–Kier alpha value is -1.43. The maximum atomic E-state index is 10.3. The van der Waals surface area contributed by atoms with E-state index >= 15 is 0 Å². The summed E-state index contributed by atoms with van der Waals surface area (Å²) < 4.78 is 21.2. The number of benzene rings is 1. The van der Waals surface area contributed by atoms with Gasteiger partial charge in [0.2, 0.25) is 11.3 Å². The van der Waals surface area contributed by atoms with Crippen LogP contribution in [0, 0.1) is 0 Å². The number of hydrogen-bond donors (Lipinski definition) is 3. The minimum Gasteiger partial charge on any atom is -0.361 e. The molecule has 1 aromatic heterocycles. The highest BCUT2D eigenvalue weighted by atomic mass is 32.2. The number of nitrogens with one attached hydrogen (secondary N) is 2. The van der Waals surface area contributed by atoms with Crippen molar-refractivity contribution in [2.75, 3.05) is 6.54 Å². The molecule has 1 heterocycles. The van der Waals surface area contributed by atoms with Gasteiger partial charge in [-0.25, -0.2) is 8.93 Å². The van der Waals surface area contributed by atoms with E-state index in [0.717, 1.165) is 16.5 Å². The average Bonchev–Trinajstić information content (AvgIpc) is 2.71. The van der Waals surface area contributed by atoms with E-state index in [1.54, 1.807) is 0 Å². The summed E-state index contributed by atoms with van der Waals surface area (Å²) in [5.41, 5.74) is 2.17. The van der Waals surface area contributed by atoms with Crippen molar-refractivity contribution in [1.29, 1.82) is 0 Å². The van der Waals surface area contributed by atoms with Crippen LogP contribution in [0.4, 0.5) is 0 Å². The molecule has 0 aliphatic rings. The molecule has 2 aromatic rings. The molecule has 2 rings (SSSR count). The van der Waals surface area contributed by atoms with E-state index in [1.807, 2.05) is 36.5 Å². The molecule has 1 atom stereocenters. The van der Waals surface area contributed by atoms with Crippen molar-refractivity contribution in [1.82, 2.24) is 9.71 Å². The summed E-state index contributed by atoms with van der Waals surface area (Å²) in [7, 11) is 0. The highest BCUT2D eigenvalue weighted by Crippen LogP contribution is 2.14. The second-order valence-corrected chi connectivity index (χ2v) is 4.11. The van der Waals surface area contributed by atoms with Gasteiger partial charge in [0.05, 0.1) is 0 Å². The van der Waals surface area contributed by atoms with Crippen LogP contribution in [0.5, 0.6) is 0 Å². The van der Waals surface area contributed by atoms with Crippen LogP contribution in [0.25, 0.3) is 17.0 Å². The fraction of sp³-hybridized carbons (Fsp3) is 0.0909. The van der Waals surface area contributed by atoms with Gasteiger partial charge in [0.1, 0.15) is 0 Å². The minimum absolute atomic E-state index is 0.369. The first-order valence-electron chi connectivity index (χ1n) is 4.84. The number of hydrogen-bond acceptors (Lipinski definition) is 1. The number of fused-ring (bicyclic) bond motifs is 1. The van der Waals surface area contributed by atoms with Crippen LogP contribution in [-0.4, -0.2) is 20.3 Å². The molecule has 5 heteroatoms. The Bertz CT molecular complexity index is 534. The zero-order valence-corrected chi connectivity index (χ0v) is 9.33. The molecule has 0 saturated carbocycles. The van der Waals surface area contributed by atoms with Gasteiger partial charge in [0.25, 0.3) is 0 Å². The second kappa shape index (κ2) is 5.07. The molecule has 0 radical (unpaired) electrons. The van der Waals surface area contributed by atoms with Gasteiger partial charge < -0.3 is 4.98 Å². The molecule has 0 aliphatic heterocycles. The molecule has 0 spiro atoms. The molecule has 3 N–H and O–H groups in total. The normalized spacial score (nSPS) is 13.6. The molecule has 1 unspecified atom stereocenters. The van der Waals surface area contributed by atoms with Gasteiger partial charge in [-0.05, 0) is 29.1 Å². The van der Waals surface area contributed by atoms with Gasteiger partial charge in [-0.2, -0.15) is 0 Å². The van der Waals surface area contributed by atoms with Crippen molar-refractivity contribution in [3.63, 3.8) is 0 Å². The summed E-state index contributed by atoms with van der Waals surface area (Å²) in [5, 5.41) is 1.15. The monoisotopic (exact) mass is 236 g/mol. The van der Waals surface area contributed by atoms with Crippen molar-refractivity contribution < 1.29 is 8.76 Å². The van der Waals surface area contributed by atoms with E-state index in [2.05, 4.69) is 15.8 Å². The third-order valence-corrected chi connectivity index (χ3v) is 2.63. The lowest BCUT2D eigenvalue weighted by atomic mass is 10.1. The van der Waals surface area contributed by atoms with Gasteiger partial charge in [0, 0.05) is 18.3 Å². The standard InChI is InChI=1S/C11H12N2O2S/c14-16(15)13-6-1-2-9-3-4-11-10(8-9)5-7-12-11/h1-5,7-8,12-13H,6H2,(H,14,15)/b2-1+. The number of rotatable bonds is 4. The van der Waals surface area contributed by atoms with Gasteiger partial charge in [-0.15, -0.1) is 0 Å². The molecule has 1 aromatic carbocycles. The Morgan fingerprint density at radius 1 is 1.44 bits per heavy atom. The Labute approximate surface area is 95.8 Å². The fourth-order valence-corrected chi connectivity index (χ4v) is 1.73. The third-order valence-electron chi connectivity index (χ3n) is 2.21. The summed E-state index contributed by atoms with van der Waals surface area (Å²) in [6.45, 7) is 0.369. The Kier molecular flexibility index (Phi) is 3.51. The van der Waals surface area contributed by atoms with Gasteiger partial charge >= 0.3 is 0 Å². The van der Waals surface area contributed by atoms with Gasteiger partial charge in [0.15, 0.2) is 0 Å². The predicted molar refractivity (Wildman–Crippen MR) is 66.1 cm³/mol. The zero-order chi connectivity index (χ0) is 11.4. The average molecular weight is 236 g/mol. The van der Waals surface area contributed by atoms with Crippen LogP contribution >= 0.6 is 0 Å². The van der Waals surface area contributed by atoms with Crippen LogP contribution in [0.2, 0.25) is 0 Å². The Morgan fingerprint density at radius 2 is 2.31 bits per heavy atom. The first-order valence-corrected chi connectivity index (χ1v) is 5.94. The quantitative estimate of drug-likeness (QED) is 0.710. The largest absolute Gasteiger partial charge is 0.361 e. The van der Waals surface area contributed by atoms with Gasteiger partial charge in [-0.1, -0.05) is 18.2 Å². The molecular formula is C11H12N2O2S. The zero-order valence-electron chi connectivity index (χ0n) is 8.51. The lowest BCUT2D eigenvalue weighted by Crippen LogP contribution is -2.15. The SMILES string of the molecule is O=S(O)NC/C=C/c1ccc2[nH]ccc2c1. The van der Waals surface area contributed by atoms with Crippen LogP contribution in [0.1, 0.15) is 5.56 Å². The fourth-order valence-electron chi connectivity index (χ4n) is 1.49. The van der Waals surface area contributed by atoms with E-state index < -0.39 is 11.3 Å². The Morgan fingerprint density at radius 3 is 3.12 bits per heavy atom. The molecule has 4 nitrogen and oxygen atoms in total. The predicted octanol–water partition coefficient (Wildman–Crippen LogP) is 1.91. The van der Waals surface area contributed by atoms with Crippen molar-refractivity contribution in [3.05, 3.63) is 42.1 Å². The lowest BCUT2D eigenvalue weighted by Gasteiger charge is -1.95. The summed E-state index contributed by atoms with van der Waals surface area (Å²) in [6.07, 6.45) is 5.61. The smallest absolute Gasteiger partial charge is 0.232 e. The van der Waals surface area contributed by atoms with Crippen molar-refractivity contribution in [2.24, 2.45) is 0 Å². The molecule has 0 aliphatic carbocycles. The van der Waals surface area contributed by atoms with Crippen molar-refractivity contribution >= 4 is 28.2 Å². The second-order valence-electron chi connectivity index (χ2n) is 3.32. The van der Waals surface area contributed by atoms with Crippen molar-refractivity contribution in [2.45, 2.75) is 0 Å². The van der Waals surface area contributed by atoms with Crippen LogP contribution in [0.3, 0.4) is 0 Å². The highest BCUT2D eigenvalue weighted by Gasteiger charge is 1.94. The van der Waals surface area contributed by atoms with Crippen LogP contribution < -0.4 is 4.72 Å². The summed E-state index contributed by atoms with van der Waals surface area (Å²) >= 11 is -1.95. The number of aromatic nitrogens is 1. The molecule has 0 amide bonds. The molecule has 0 fully saturated rings. The molecule has 0 bridgehead atoms. The summed E-state index contributed by atoms with van der Waals surface area (Å²) in [6, 6.07) is 8.06. The van der Waals surface area contributed by atoms with E-state index in [0.29, 0.717) is 6.54 Å². The maximum Gasteiger partial charge on any atom is 0.232 e. The van der Waals surface area contributed by atoms with Gasteiger partial charge in [-0.3, -0.25) is 4.55 Å².